The predicted octanol–water partition coefficient (Wildman–Crippen LogP) is 1.69. The van der Waals surface area contributed by atoms with Crippen molar-refractivity contribution in [1.29, 1.82) is 0 Å². The second-order valence-corrected chi connectivity index (χ2v) is 8.52. The number of hydrogen-bond acceptors (Lipinski definition) is 6. The van der Waals surface area contributed by atoms with E-state index in [9.17, 15) is 19.2 Å². The van der Waals surface area contributed by atoms with Gasteiger partial charge in [-0.15, -0.1) is 0 Å². The first-order chi connectivity index (χ1) is 12.2. The first-order valence-electron chi connectivity index (χ1n) is 8.94. The van der Waals surface area contributed by atoms with Gasteiger partial charge in [-0.25, -0.2) is 9.59 Å². The molecule has 0 spiro atoms. The zero-order valence-corrected chi connectivity index (χ0v) is 16.8. The lowest BCUT2D eigenvalue weighted by Gasteiger charge is -2.30. The first kappa shape index (κ1) is 22.7. The summed E-state index contributed by atoms with van der Waals surface area (Å²) in [6, 6.07) is -2.13. The molecule has 0 radical (unpaired) electrons. The summed E-state index contributed by atoms with van der Waals surface area (Å²) < 4.78 is 10.4. The molecule has 1 saturated heterocycles. The van der Waals surface area contributed by atoms with E-state index in [1.807, 2.05) is 0 Å². The number of aliphatic carboxylic acids is 1. The van der Waals surface area contributed by atoms with Gasteiger partial charge in [-0.1, -0.05) is 0 Å². The fraction of sp³-hybridized carbons (Fsp3) is 0.778. The molecule has 9 nitrogen and oxygen atoms in total. The second kappa shape index (κ2) is 8.58. The van der Waals surface area contributed by atoms with Crippen LogP contribution in [0.15, 0.2) is 0 Å². The maximum absolute atomic E-state index is 12.8. The van der Waals surface area contributed by atoms with Gasteiger partial charge in [0.15, 0.2) is 0 Å². The van der Waals surface area contributed by atoms with Crippen LogP contribution in [0, 0.1) is 0 Å². The zero-order valence-electron chi connectivity index (χ0n) is 16.8. The van der Waals surface area contributed by atoms with Gasteiger partial charge in [-0.2, -0.15) is 0 Å². The van der Waals surface area contributed by atoms with Crippen LogP contribution < -0.4 is 5.32 Å². The number of carboxylic acid groups (broad SMARTS) is 1. The molecule has 154 valence electrons. The average Bonchev–Trinajstić information content (AvgIpc) is 2.90. The van der Waals surface area contributed by atoms with Crippen molar-refractivity contribution < 1.29 is 33.8 Å². The summed E-state index contributed by atoms with van der Waals surface area (Å²) in [4.78, 5) is 49.6. The van der Waals surface area contributed by atoms with Gasteiger partial charge in [0.1, 0.15) is 23.3 Å². The molecule has 2 N–H and O–H groups in total. The highest BCUT2D eigenvalue weighted by Crippen LogP contribution is 2.22. The minimum Gasteiger partial charge on any atom is -0.481 e. The maximum Gasteiger partial charge on any atom is 0.408 e. The fourth-order valence-corrected chi connectivity index (χ4v) is 2.67. The molecule has 2 atom stereocenters. The molecule has 0 aromatic rings. The summed E-state index contributed by atoms with van der Waals surface area (Å²) in [7, 11) is 0. The number of likely N-dealkylation sites (tertiary alicyclic amines) is 1. The number of rotatable bonds is 5. The van der Waals surface area contributed by atoms with E-state index >= 15 is 0 Å². The van der Waals surface area contributed by atoms with Crippen molar-refractivity contribution in [2.75, 3.05) is 6.54 Å². The Hall–Kier alpha value is -2.32. The molecular weight excluding hydrogens is 356 g/mol. The van der Waals surface area contributed by atoms with E-state index in [1.165, 1.54) is 4.90 Å². The highest BCUT2D eigenvalue weighted by molar-refractivity contribution is 5.92. The number of carbonyl (C=O) groups excluding carboxylic acids is 3. The molecule has 1 rings (SSSR count). The molecule has 0 aliphatic carbocycles. The first-order valence-corrected chi connectivity index (χ1v) is 8.94. The number of amides is 2. The number of esters is 1. The lowest BCUT2D eigenvalue weighted by Crippen LogP contribution is -2.53. The fourth-order valence-electron chi connectivity index (χ4n) is 2.67. The lowest BCUT2D eigenvalue weighted by molar-refractivity contribution is -0.163. The molecule has 1 aliphatic rings. The number of carbonyl (C=O) groups is 4. The van der Waals surface area contributed by atoms with Crippen LogP contribution in [0.2, 0.25) is 0 Å². The van der Waals surface area contributed by atoms with Gasteiger partial charge in [0.25, 0.3) is 0 Å². The van der Waals surface area contributed by atoms with Crippen LogP contribution in [0.3, 0.4) is 0 Å². The average molecular weight is 386 g/mol. The quantitative estimate of drug-likeness (QED) is 0.689. The van der Waals surface area contributed by atoms with E-state index in [2.05, 4.69) is 5.32 Å². The van der Waals surface area contributed by atoms with E-state index < -0.39 is 53.6 Å². The van der Waals surface area contributed by atoms with Gasteiger partial charge in [0.2, 0.25) is 5.91 Å². The molecule has 0 aromatic carbocycles. The molecule has 1 fully saturated rings. The largest absolute Gasteiger partial charge is 0.481 e. The molecule has 0 bridgehead atoms. The van der Waals surface area contributed by atoms with Crippen molar-refractivity contribution in [2.24, 2.45) is 0 Å². The van der Waals surface area contributed by atoms with E-state index in [0.717, 1.165) is 0 Å². The highest BCUT2D eigenvalue weighted by atomic mass is 16.6. The van der Waals surface area contributed by atoms with Crippen molar-refractivity contribution in [3.63, 3.8) is 0 Å². The van der Waals surface area contributed by atoms with E-state index in [0.29, 0.717) is 12.8 Å². The Balaban J connectivity index is 2.91. The van der Waals surface area contributed by atoms with Crippen LogP contribution in [0.25, 0.3) is 0 Å². The predicted molar refractivity (Wildman–Crippen MR) is 96.0 cm³/mol. The maximum atomic E-state index is 12.8. The van der Waals surface area contributed by atoms with Crippen molar-refractivity contribution in [3.8, 4) is 0 Å². The number of nitrogens with one attached hydrogen (secondary N) is 1. The Morgan fingerprint density at radius 1 is 1.07 bits per heavy atom. The smallest absolute Gasteiger partial charge is 0.408 e. The van der Waals surface area contributed by atoms with Crippen LogP contribution in [0.5, 0.6) is 0 Å². The molecule has 2 amide bonds. The standard InChI is InChI=1S/C18H30N2O7/c1-17(2,3)26-15(24)12-8-7-9-20(12)14(23)11(10-13(21)22)19-16(25)27-18(4,5)6/h11-12H,7-10H2,1-6H3,(H,19,25)(H,21,22)/t11-,12+/m1/s1. The molecular formula is C18H30N2O7. The normalized spacial score (nSPS) is 18.6. The summed E-state index contributed by atoms with van der Waals surface area (Å²) >= 11 is 0. The van der Waals surface area contributed by atoms with Gasteiger partial charge in [0.05, 0.1) is 6.42 Å². The van der Waals surface area contributed by atoms with Crippen molar-refractivity contribution >= 4 is 23.9 Å². The Morgan fingerprint density at radius 2 is 1.63 bits per heavy atom. The number of carboxylic acids is 1. The molecule has 0 unspecified atom stereocenters. The third-order valence-corrected chi connectivity index (χ3v) is 3.58. The SMILES string of the molecule is CC(C)(C)OC(=O)N[C@H](CC(=O)O)C(=O)N1CCC[C@H]1C(=O)OC(C)(C)C. The number of hydrogen-bond donors (Lipinski definition) is 2. The summed E-state index contributed by atoms with van der Waals surface area (Å²) in [5.74, 6) is -2.44. The molecule has 0 saturated carbocycles. The summed E-state index contributed by atoms with van der Waals surface area (Å²) in [6.07, 6.45) is -0.500. The van der Waals surface area contributed by atoms with Crippen LogP contribution in [-0.2, 0) is 23.9 Å². The van der Waals surface area contributed by atoms with Gasteiger partial charge in [-0.05, 0) is 54.4 Å². The van der Waals surface area contributed by atoms with E-state index in [4.69, 9.17) is 14.6 Å². The van der Waals surface area contributed by atoms with Gasteiger partial charge in [-0.3, -0.25) is 9.59 Å². The van der Waals surface area contributed by atoms with E-state index in [1.54, 1.807) is 41.5 Å². The monoisotopic (exact) mass is 386 g/mol. The molecule has 1 aliphatic heterocycles. The molecule has 0 aromatic heterocycles. The van der Waals surface area contributed by atoms with Crippen LogP contribution >= 0.6 is 0 Å². The summed E-state index contributed by atoms with van der Waals surface area (Å²) in [5, 5.41) is 11.4. The summed E-state index contributed by atoms with van der Waals surface area (Å²) in [5.41, 5.74) is -1.50. The molecule has 27 heavy (non-hydrogen) atoms. The van der Waals surface area contributed by atoms with E-state index in [-0.39, 0.29) is 6.54 Å². The van der Waals surface area contributed by atoms with Crippen LogP contribution in [0.1, 0.15) is 60.8 Å². The molecule has 9 heteroatoms. The number of nitrogens with zero attached hydrogens (tertiary/aromatic N) is 1. The van der Waals surface area contributed by atoms with Gasteiger partial charge in [0, 0.05) is 6.54 Å². The van der Waals surface area contributed by atoms with Crippen molar-refractivity contribution in [3.05, 3.63) is 0 Å². The lowest BCUT2D eigenvalue weighted by atomic mass is 10.1. The van der Waals surface area contributed by atoms with Crippen LogP contribution in [-0.4, -0.2) is 63.8 Å². The zero-order chi connectivity index (χ0) is 21.0. The number of alkyl carbamates (subject to hydrolysis) is 1. The Morgan fingerprint density at radius 3 is 2.11 bits per heavy atom. The van der Waals surface area contributed by atoms with Crippen LogP contribution in [0.4, 0.5) is 4.79 Å². The summed E-state index contributed by atoms with van der Waals surface area (Å²) in [6.45, 7) is 10.4. The van der Waals surface area contributed by atoms with Gasteiger partial charge >= 0.3 is 18.0 Å². The topological polar surface area (TPSA) is 122 Å². The Kier molecular flexibility index (Phi) is 7.22. The highest BCUT2D eigenvalue weighted by Gasteiger charge is 2.40. The number of ether oxygens (including phenoxy) is 2. The second-order valence-electron chi connectivity index (χ2n) is 8.52. The van der Waals surface area contributed by atoms with Crippen molar-refractivity contribution in [1.82, 2.24) is 10.2 Å². The minimum atomic E-state index is -1.33. The Labute approximate surface area is 159 Å². The Bertz CT molecular complexity index is 589. The third kappa shape index (κ3) is 7.84. The molecule has 1 heterocycles. The third-order valence-electron chi connectivity index (χ3n) is 3.58. The van der Waals surface area contributed by atoms with Crippen molar-refractivity contribution in [2.45, 2.75) is 84.1 Å². The van der Waals surface area contributed by atoms with Gasteiger partial charge < -0.3 is 24.8 Å². The minimum absolute atomic E-state index is 0.287.